The third kappa shape index (κ3) is 1.21. The zero-order valence-electron chi connectivity index (χ0n) is 6.49. The topological polar surface area (TPSA) is 41.6 Å². The predicted molar refractivity (Wildman–Crippen MR) is 46.3 cm³/mol. The van der Waals surface area contributed by atoms with E-state index in [1.165, 1.54) is 0 Å². The highest BCUT2D eigenvalue weighted by molar-refractivity contribution is 5.54. The highest BCUT2D eigenvalue weighted by Gasteiger charge is 1.98. The number of hydrogen-bond acceptors (Lipinski definition) is 2. The van der Waals surface area contributed by atoms with Gasteiger partial charge in [0.25, 0.3) is 0 Å². The van der Waals surface area contributed by atoms with Gasteiger partial charge in [-0.05, 0) is 12.5 Å². The van der Waals surface area contributed by atoms with Crippen LogP contribution >= 0.6 is 0 Å². The van der Waals surface area contributed by atoms with Crippen LogP contribution in [0, 0.1) is 6.92 Å². The zero-order valence-corrected chi connectivity index (χ0v) is 6.49. The zero-order chi connectivity index (χ0) is 8.39. The van der Waals surface area contributed by atoms with Crippen LogP contribution in [0.4, 0.5) is 0 Å². The molecule has 0 fully saturated rings. The van der Waals surface area contributed by atoms with Gasteiger partial charge >= 0.3 is 0 Å². The summed E-state index contributed by atoms with van der Waals surface area (Å²) in [7, 11) is 0. The molecule has 0 bridgehead atoms. The summed E-state index contributed by atoms with van der Waals surface area (Å²) in [4.78, 5) is 4.03. The van der Waals surface area contributed by atoms with Crippen LogP contribution in [0.2, 0.25) is 0 Å². The Morgan fingerprint density at radius 2 is 1.92 bits per heavy atom. The minimum absolute atomic E-state index is 0.718. The highest BCUT2D eigenvalue weighted by Crippen LogP contribution is 2.13. The quantitative estimate of drug-likeness (QED) is 0.685. The Bertz CT molecular complexity index is 348. The first-order chi connectivity index (χ1) is 5.86. The summed E-state index contributed by atoms with van der Waals surface area (Å²) in [5, 5.41) is 6.63. The number of aromatic nitrogens is 3. The molecule has 12 heavy (non-hydrogen) atoms. The van der Waals surface area contributed by atoms with E-state index < -0.39 is 0 Å². The SMILES string of the molecule is [CH2]c1ccc(-c2nc[nH]n2)cc1. The lowest BCUT2D eigenvalue weighted by Gasteiger charge is -1.94. The first kappa shape index (κ1) is 7.03. The van der Waals surface area contributed by atoms with Crippen molar-refractivity contribution in [1.29, 1.82) is 0 Å². The molecule has 0 aliphatic carbocycles. The molecular formula is C9H8N3. The monoisotopic (exact) mass is 158 g/mol. The molecule has 1 N–H and O–H groups in total. The Hall–Kier alpha value is -1.64. The first-order valence-electron chi connectivity index (χ1n) is 3.64. The van der Waals surface area contributed by atoms with Gasteiger partial charge in [0.2, 0.25) is 0 Å². The van der Waals surface area contributed by atoms with E-state index >= 15 is 0 Å². The number of hydrogen-bond donors (Lipinski definition) is 1. The normalized spacial score (nSPS) is 10.1. The van der Waals surface area contributed by atoms with Crippen molar-refractivity contribution >= 4 is 0 Å². The van der Waals surface area contributed by atoms with Gasteiger partial charge in [-0.25, -0.2) is 4.98 Å². The van der Waals surface area contributed by atoms with E-state index in [0.29, 0.717) is 0 Å². The third-order valence-electron chi connectivity index (χ3n) is 1.63. The van der Waals surface area contributed by atoms with Crippen LogP contribution < -0.4 is 0 Å². The number of aromatic amines is 1. The highest BCUT2D eigenvalue weighted by atomic mass is 15.2. The van der Waals surface area contributed by atoms with Crippen LogP contribution in [-0.4, -0.2) is 15.2 Å². The smallest absolute Gasteiger partial charge is 0.180 e. The molecule has 3 heteroatoms. The molecule has 0 unspecified atom stereocenters. The van der Waals surface area contributed by atoms with Crippen molar-refractivity contribution in [2.24, 2.45) is 0 Å². The van der Waals surface area contributed by atoms with Gasteiger partial charge in [-0.15, -0.1) is 0 Å². The summed E-state index contributed by atoms with van der Waals surface area (Å²) in [5.41, 5.74) is 2.00. The van der Waals surface area contributed by atoms with E-state index in [1.54, 1.807) is 6.33 Å². The van der Waals surface area contributed by atoms with Crippen molar-refractivity contribution in [1.82, 2.24) is 15.2 Å². The summed E-state index contributed by atoms with van der Waals surface area (Å²) < 4.78 is 0. The molecule has 1 aromatic carbocycles. The maximum Gasteiger partial charge on any atom is 0.180 e. The fourth-order valence-corrected chi connectivity index (χ4v) is 1.00. The molecule has 0 saturated carbocycles. The molecule has 2 aromatic rings. The summed E-state index contributed by atoms with van der Waals surface area (Å²) in [5.74, 6) is 0.718. The molecular weight excluding hydrogens is 150 g/mol. The van der Waals surface area contributed by atoms with Crippen molar-refractivity contribution in [3.8, 4) is 11.4 Å². The summed E-state index contributed by atoms with van der Waals surface area (Å²) in [6, 6.07) is 7.77. The van der Waals surface area contributed by atoms with Crippen molar-refractivity contribution in [3.05, 3.63) is 43.1 Å². The minimum atomic E-state index is 0.718. The van der Waals surface area contributed by atoms with E-state index in [9.17, 15) is 0 Å². The van der Waals surface area contributed by atoms with Crippen molar-refractivity contribution in [2.75, 3.05) is 0 Å². The Morgan fingerprint density at radius 3 is 2.50 bits per heavy atom. The van der Waals surface area contributed by atoms with Gasteiger partial charge in [-0.2, -0.15) is 5.10 Å². The van der Waals surface area contributed by atoms with E-state index in [4.69, 9.17) is 0 Å². The molecule has 59 valence electrons. The van der Waals surface area contributed by atoms with Crippen molar-refractivity contribution in [2.45, 2.75) is 0 Å². The first-order valence-corrected chi connectivity index (χ1v) is 3.64. The van der Waals surface area contributed by atoms with E-state index in [1.807, 2.05) is 24.3 Å². The molecule has 0 amide bonds. The number of rotatable bonds is 1. The molecule has 1 heterocycles. The van der Waals surface area contributed by atoms with Crippen molar-refractivity contribution in [3.63, 3.8) is 0 Å². The average Bonchev–Trinajstić information content (AvgIpc) is 2.58. The molecule has 0 atom stereocenters. The second-order valence-electron chi connectivity index (χ2n) is 2.52. The number of nitrogens with zero attached hydrogens (tertiary/aromatic N) is 2. The molecule has 0 saturated heterocycles. The van der Waals surface area contributed by atoms with Crippen molar-refractivity contribution < 1.29 is 0 Å². The second-order valence-corrected chi connectivity index (χ2v) is 2.52. The lowest BCUT2D eigenvalue weighted by atomic mass is 10.1. The largest absolute Gasteiger partial charge is 0.265 e. The lowest BCUT2D eigenvalue weighted by Crippen LogP contribution is -1.80. The number of benzene rings is 1. The number of nitrogens with one attached hydrogen (secondary N) is 1. The molecule has 2 rings (SSSR count). The summed E-state index contributed by atoms with van der Waals surface area (Å²) in [6.45, 7) is 3.79. The predicted octanol–water partition coefficient (Wildman–Crippen LogP) is 1.65. The van der Waals surface area contributed by atoms with Gasteiger partial charge in [0, 0.05) is 5.56 Å². The molecule has 0 aliphatic rings. The van der Waals surface area contributed by atoms with E-state index in [0.717, 1.165) is 17.0 Å². The number of H-pyrrole nitrogens is 1. The second kappa shape index (κ2) is 2.77. The van der Waals surface area contributed by atoms with Gasteiger partial charge in [0.05, 0.1) is 0 Å². The summed E-state index contributed by atoms with van der Waals surface area (Å²) in [6.07, 6.45) is 1.56. The molecule has 3 nitrogen and oxygen atoms in total. The Balaban J connectivity index is 2.43. The van der Waals surface area contributed by atoms with Gasteiger partial charge in [0.15, 0.2) is 5.82 Å². The van der Waals surface area contributed by atoms with Gasteiger partial charge in [-0.1, -0.05) is 24.3 Å². The Labute approximate surface area is 70.5 Å². The maximum atomic E-state index is 4.03. The van der Waals surface area contributed by atoms with Crippen LogP contribution in [-0.2, 0) is 0 Å². The average molecular weight is 158 g/mol. The van der Waals surface area contributed by atoms with Crippen LogP contribution in [0.3, 0.4) is 0 Å². The van der Waals surface area contributed by atoms with E-state index in [2.05, 4.69) is 22.1 Å². The van der Waals surface area contributed by atoms with Gasteiger partial charge in [0.1, 0.15) is 6.33 Å². The fraction of sp³-hybridized carbons (Fsp3) is 0. The standard InChI is InChI=1S/C9H8N3/c1-7-2-4-8(5-3-7)9-10-6-11-12-9/h2-6H,1H2,(H,10,11,12). The van der Waals surface area contributed by atoms with E-state index in [-0.39, 0.29) is 0 Å². The fourth-order valence-electron chi connectivity index (χ4n) is 1.00. The summed E-state index contributed by atoms with van der Waals surface area (Å²) >= 11 is 0. The van der Waals surface area contributed by atoms with Gasteiger partial charge in [-0.3, -0.25) is 5.10 Å². The lowest BCUT2D eigenvalue weighted by molar-refractivity contribution is 1.10. The molecule has 0 spiro atoms. The van der Waals surface area contributed by atoms with Crippen LogP contribution in [0.15, 0.2) is 30.6 Å². The molecule has 0 aliphatic heterocycles. The van der Waals surface area contributed by atoms with Crippen LogP contribution in [0.1, 0.15) is 5.56 Å². The van der Waals surface area contributed by atoms with Crippen LogP contribution in [0.25, 0.3) is 11.4 Å². The Kier molecular flexibility index (Phi) is 1.63. The molecule has 1 aromatic heterocycles. The van der Waals surface area contributed by atoms with Gasteiger partial charge < -0.3 is 0 Å². The Morgan fingerprint density at radius 1 is 1.17 bits per heavy atom. The molecule has 1 radical (unpaired) electrons. The third-order valence-corrected chi connectivity index (χ3v) is 1.63. The minimum Gasteiger partial charge on any atom is -0.265 e. The maximum absolute atomic E-state index is 4.03. The van der Waals surface area contributed by atoms with Crippen LogP contribution in [0.5, 0.6) is 0 Å².